The number of rotatable bonds is 2. The Hall–Kier alpha value is -1.78. The molecule has 5 heteroatoms. The molecule has 1 atom stereocenters. The molecule has 0 aliphatic heterocycles. The Morgan fingerprint density at radius 3 is 2.67 bits per heavy atom. The van der Waals surface area contributed by atoms with E-state index in [0.717, 1.165) is 12.5 Å². The number of hydrogen-bond acceptors (Lipinski definition) is 1. The van der Waals surface area contributed by atoms with Gasteiger partial charge in [0.05, 0.1) is 0 Å². The van der Waals surface area contributed by atoms with Crippen molar-refractivity contribution in [3.63, 3.8) is 0 Å². The highest BCUT2D eigenvalue weighted by Crippen LogP contribution is 2.36. The van der Waals surface area contributed by atoms with Gasteiger partial charge in [0, 0.05) is 18.7 Å². The average Bonchev–Trinajstić information content (AvgIpc) is 2.74. The van der Waals surface area contributed by atoms with Crippen molar-refractivity contribution in [2.45, 2.75) is 25.1 Å². The summed E-state index contributed by atoms with van der Waals surface area (Å²) >= 11 is 0. The first-order valence-electron chi connectivity index (χ1n) is 5.72. The molecule has 2 aromatic rings. The van der Waals surface area contributed by atoms with Gasteiger partial charge in [0.25, 0.3) is 0 Å². The van der Waals surface area contributed by atoms with E-state index in [1.54, 1.807) is 0 Å². The Balaban J connectivity index is 1.74. The summed E-state index contributed by atoms with van der Waals surface area (Å²) in [6.45, 7) is 0.507. The van der Waals surface area contributed by atoms with E-state index < -0.39 is 11.9 Å². The summed E-state index contributed by atoms with van der Waals surface area (Å²) in [7, 11) is 0. The van der Waals surface area contributed by atoms with Crippen LogP contribution in [-0.4, -0.2) is 9.78 Å². The smallest absolute Gasteiger partial charge is 0.272 e. The van der Waals surface area contributed by atoms with E-state index in [0.29, 0.717) is 6.54 Å². The van der Waals surface area contributed by atoms with Crippen LogP contribution < -0.4 is 0 Å². The van der Waals surface area contributed by atoms with Crippen LogP contribution >= 0.6 is 0 Å². The third-order valence-corrected chi connectivity index (χ3v) is 3.30. The number of halogens is 3. The summed E-state index contributed by atoms with van der Waals surface area (Å²) in [5.74, 6) is 0.280. The summed E-state index contributed by atoms with van der Waals surface area (Å²) in [5, 5.41) is 3.57. The molecule has 18 heavy (non-hydrogen) atoms. The molecule has 1 heterocycles. The van der Waals surface area contributed by atoms with Crippen LogP contribution in [0, 0.1) is 0 Å². The van der Waals surface area contributed by atoms with Gasteiger partial charge in [-0.25, -0.2) is 0 Å². The summed E-state index contributed by atoms with van der Waals surface area (Å²) in [4.78, 5) is 0. The van der Waals surface area contributed by atoms with Crippen molar-refractivity contribution in [3.05, 3.63) is 53.3 Å². The van der Waals surface area contributed by atoms with E-state index in [4.69, 9.17) is 0 Å². The zero-order valence-electron chi connectivity index (χ0n) is 9.48. The molecule has 0 fully saturated rings. The van der Waals surface area contributed by atoms with Gasteiger partial charge in [-0.1, -0.05) is 24.3 Å². The Morgan fingerprint density at radius 2 is 2.00 bits per heavy atom. The molecular weight excluding hydrogens is 241 g/mol. The minimum atomic E-state index is -4.36. The van der Waals surface area contributed by atoms with E-state index in [1.807, 2.05) is 18.2 Å². The van der Waals surface area contributed by atoms with Gasteiger partial charge in [-0.2, -0.15) is 18.3 Å². The lowest BCUT2D eigenvalue weighted by atomic mass is 9.78. The van der Waals surface area contributed by atoms with Gasteiger partial charge < -0.3 is 0 Å². The van der Waals surface area contributed by atoms with Gasteiger partial charge in [-0.3, -0.25) is 4.68 Å². The quantitative estimate of drug-likeness (QED) is 0.802. The largest absolute Gasteiger partial charge is 0.435 e. The van der Waals surface area contributed by atoms with Crippen LogP contribution in [0.5, 0.6) is 0 Å². The lowest BCUT2D eigenvalue weighted by molar-refractivity contribution is -0.141. The molecule has 1 aromatic carbocycles. The highest BCUT2D eigenvalue weighted by atomic mass is 19.4. The maximum atomic E-state index is 12.4. The molecule has 0 radical (unpaired) electrons. The Morgan fingerprint density at radius 1 is 1.22 bits per heavy atom. The molecule has 1 aliphatic rings. The van der Waals surface area contributed by atoms with Crippen LogP contribution in [0.25, 0.3) is 0 Å². The molecule has 3 rings (SSSR count). The van der Waals surface area contributed by atoms with Crippen molar-refractivity contribution in [1.82, 2.24) is 9.78 Å². The zero-order chi connectivity index (χ0) is 12.8. The molecular formula is C13H11F3N2. The third-order valence-electron chi connectivity index (χ3n) is 3.30. The first-order chi connectivity index (χ1) is 8.54. The number of aromatic nitrogens is 2. The van der Waals surface area contributed by atoms with Crippen LogP contribution in [0.4, 0.5) is 13.2 Å². The highest BCUT2D eigenvalue weighted by molar-refractivity contribution is 5.39. The monoisotopic (exact) mass is 252 g/mol. The van der Waals surface area contributed by atoms with Gasteiger partial charge in [-0.15, -0.1) is 0 Å². The average molecular weight is 252 g/mol. The fraction of sp³-hybridized carbons (Fsp3) is 0.308. The second-order valence-electron chi connectivity index (χ2n) is 4.52. The Bertz CT molecular complexity index is 572. The van der Waals surface area contributed by atoms with Crippen molar-refractivity contribution < 1.29 is 13.2 Å². The van der Waals surface area contributed by atoms with Crippen LogP contribution in [0.2, 0.25) is 0 Å². The molecule has 2 nitrogen and oxygen atoms in total. The van der Waals surface area contributed by atoms with Crippen molar-refractivity contribution >= 4 is 0 Å². The van der Waals surface area contributed by atoms with Crippen molar-refractivity contribution in [2.24, 2.45) is 0 Å². The summed E-state index contributed by atoms with van der Waals surface area (Å²) in [6, 6.07) is 9.03. The number of hydrogen-bond donors (Lipinski definition) is 0. The second kappa shape index (κ2) is 3.86. The van der Waals surface area contributed by atoms with Gasteiger partial charge in [0.1, 0.15) is 0 Å². The van der Waals surface area contributed by atoms with Crippen molar-refractivity contribution in [2.75, 3.05) is 0 Å². The molecule has 0 amide bonds. The van der Waals surface area contributed by atoms with Crippen LogP contribution in [0.15, 0.2) is 36.5 Å². The molecule has 0 saturated carbocycles. The Kier molecular flexibility index (Phi) is 2.43. The molecule has 94 valence electrons. The number of benzene rings is 1. The maximum Gasteiger partial charge on any atom is 0.435 e. The fourth-order valence-electron chi connectivity index (χ4n) is 2.37. The maximum absolute atomic E-state index is 12.4. The van der Waals surface area contributed by atoms with Gasteiger partial charge in [0.2, 0.25) is 0 Å². The molecule has 1 aliphatic carbocycles. The number of fused-ring (bicyclic) bond motifs is 1. The second-order valence-corrected chi connectivity index (χ2v) is 4.52. The number of alkyl halides is 3. The minimum Gasteiger partial charge on any atom is -0.272 e. The zero-order valence-corrected chi connectivity index (χ0v) is 9.48. The summed E-state index contributed by atoms with van der Waals surface area (Å²) in [6.07, 6.45) is -2.05. The van der Waals surface area contributed by atoms with Crippen molar-refractivity contribution in [1.29, 1.82) is 0 Å². The number of nitrogens with zero attached hydrogens (tertiary/aromatic N) is 2. The predicted molar refractivity (Wildman–Crippen MR) is 60.1 cm³/mol. The highest BCUT2D eigenvalue weighted by Gasteiger charge is 2.34. The molecule has 0 spiro atoms. The molecule has 1 unspecified atom stereocenters. The van der Waals surface area contributed by atoms with Crippen LogP contribution in [0.3, 0.4) is 0 Å². The Labute approximate surface area is 102 Å². The normalized spacial score (nSPS) is 18.3. The van der Waals surface area contributed by atoms with Crippen molar-refractivity contribution in [3.8, 4) is 0 Å². The molecule has 1 aromatic heterocycles. The summed E-state index contributed by atoms with van der Waals surface area (Å²) in [5.41, 5.74) is 1.68. The van der Waals surface area contributed by atoms with E-state index in [-0.39, 0.29) is 5.92 Å². The predicted octanol–water partition coefficient (Wildman–Crippen LogP) is 3.24. The van der Waals surface area contributed by atoms with Crippen LogP contribution in [-0.2, 0) is 19.1 Å². The third kappa shape index (κ3) is 1.89. The van der Waals surface area contributed by atoms with E-state index in [9.17, 15) is 13.2 Å². The SMILES string of the molecule is FC(F)(F)c1ccn(CC2Cc3ccccc32)n1. The van der Waals surface area contributed by atoms with Crippen LogP contribution in [0.1, 0.15) is 22.7 Å². The van der Waals surface area contributed by atoms with Gasteiger partial charge in [-0.05, 0) is 23.6 Å². The summed E-state index contributed by atoms with van der Waals surface area (Å²) < 4.78 is 38.6. The first kappa shape index (κ1) is 11.3. The fourth-order valence-corrected chi connectivity index (χ4v) is 2.37. The van der Waals surface area contributed by atoms with E-state index in [2.05, 4.69) is 11.2 Å². The van der Waals surface area contributed by atoms with Gasteiger partial charge >= 0.3 is 6.18 Å². The van der Waals surface area contributed by atoms with Gasteiger partial charge in [0.15, 0.2) is 5.69 Å². The molecule has 0 saturated heterocycles. The minimum absolute atomic E-state index is 0.280. The standard InChI is InChI=1S/C13H11F3N2/c14-13(15,16)12-5-6-18(17-12)8-10-7-9-3-1-2-4-11(9)10/h1-6,10H,7-8H2. The lowest BCUT2D eigenvalue weighted by Crippen LogP contribution is -2.22. The lowest BCUT2D eigenvalue weighted by Gasteiger charge is -2.29. The van der Waals surface area contributed by atoms with E-state index >= 15 is 0 Å². The topological polar surface area (TPSA) is 17.8 Å². The van der Waals surface area contributed by atoms with E-state index in [1.165, 1.54) is 22.0 Å². The molecule has 0 N–H and O–H groups in total. The molecule has 0 bridgehead atoms. The first-order valence-corrected chi connectivity index (χ1v) is 5.72.